The zero-order valence-electron chi connectivity index (χ0n) is 8.27. The molecule has 1 aromatic rings. The van der Waals surface area contributed by atoms with Gasteiger partial charge in [-0.25, -0.2) is 0 Å². The van der Waals surface area contributed by atoms with Gasteiger partial charge in [0, 0.05) is 11.6 Å². The van der Waals surface area contributed by atoms with Gasteiger partial charge in [-0.2, -0.15) is 5.10 Å². The lowest BCUT2D eigenvalue weighted by atomic mass is 10.2. The van der Waals surface area contributed by atoms with Gasteiger partial charge in [0.05, 0.1) is 12.3 Å². The van der Waals surface area contributed by atoms with Crippen LogP contribution >= 0.6 is 0 Å². The molecule has 4 heteroatoms. The van der Waals surface area contributed by atoms with Crippen LogP contribution in [0.4, 0.5) is 0 Å². The molecule has 0 atom stereocenters. The lowest BCUT2D eigenvalue weighted by Gasteiger charge is -2.10. The summed E-state index contributed by atoms with van der Waals surface area (Å²) in [7, 11) is 0. The van der Waals surface area contributed by atoms with E-state index in [0.717, 1.165) is 0 Å². The van der Waals surface area contributed by atoms with Crippen LogP contribution in [0.3, 0.4) is 0 Å². The number of rotatable bonds is 3. The minimum atomic E-state index is 0.0865. The number of nitrogens with zero attached hydrogens (tertiary/aromatic N) is 1. The van der Waals surface area contributed by atoms with Gasteiger partial charge in [0.15, 0.2) is 0 Å². The minimum Gasteiger partial charge on any atom is -0.507 e. The molecule has 76 valence electrons. The van der Waals surface area contributed by atoms with Crippen molar-refractivity contribution in [2.45, 2.75) is 20.0 Å². The Balaban J connectivity index is 2.88. The molecule has 1 aromatic carbocycles. The van der Waals surface area contributed by atoms with Crippen molar-refractivity contribution in [3.63, 3.8) is 0 Å². The third-order valence-electron chi connectivity index (χ3n) is 1.59. The summed E-state index contributed by atoms with van der Waals surface area (Å²) in [4.78, 5) is 0. The number of hydrogen-bond acceptors (Lipinski definition) is 4. The summed E-state index contributed by atoms with van der Waals surface area (Å²) in [5.41, 5.74) is 0.573. The van der Waals surface area contributed by atoms with E-state index in [1.165, 1.54) is 12.3 Å². The molecule has 3 N–H and O–H groups in total. The highest BCUT2D eigenvalue weighted by Gasteiger charge is 2.02. The Morgan fingerprint density at radius 3 is 2.71 bits per heavy atom. The van der Waals surface area contributed by atoms with Gasteiger partial charge in [-0.15, -0.1) is 0 Å². The average Bonchev–Trinajstić information content (AvgIpc) is 2.09. The van der Waals surface area contributed by atoms with E-state index in [1.807, 2.05) is 13.8 Å². The normalized spacial score (nSPS) is 11.1. The number of hydrazone groups is 1. The number of phenols is 1. The van der Waals surface area contributed by atoms with Crippen molar-refractivity contribution in [3.8, 4) is 11.5 Å². The maximum atomic E-state index is 9.51. The summed E-state index contributed by atoms with van der Waals surface area (Å²) in [5, 5.41) is 12.8. The number of nitrogens with two attached hydrogens (primary N) is 1. The summed E-state index contributed by atoms with van der Waals surface area (Å²) >= 11 is 0. The first-order valence-corrected chi connectivity index (χ1v) is 4.36. The topological polar surface area (TPSA) is 67.8 Å². The fraction of sp³-hybridized carbons (Fsp3) is 0.300. The van der Waals surface area contributed by atoms with Crippen molar-refractivity contribution in [1.29, 1.82) is 0 Å². The third kappa shape index (κ3) is 2.65. The maximum Gasteiger partial charge on any atom is 0.128 e. The first kappa shape index (κ1) is 10.4. The van der Waals surface area contributed by atoms with E-state index in [4.69, 9.17) is 10.6 Å². The molecule has 0 aliphatic heterocycles. The summed E-state index contributed by atoms with van der Waals surface area (Å²) in [6.07, 6.45) is 1.47. The first-order chi connectivity index (χ1) is 6.63. The van der Waals surface area contributed by atoms with Gasteiger partial charge < -0.3 is 15.7 Å². The second-order valence-electron chi connectivity index (χ2n) is 3.17. The first-order valence-electron chi connectivity index (χ1n) is 4.36. The van der Waals surface area contributed by atoms with Crippen molar-refractivity contribution < 1.29 is 9.84 Å². The molecule has 0 aromatic heterocycles. The second-order valence-corrected chi connectivity index (χ2v) is 3.17. The van der Waals surface area contributed by atoms with Crippen molar-refractivity contribution in [2.24, 2.45) is 10.9 Å². The summed E-state index contributed by atoms with van der Waals surface area (Å²) in [6.45, 7) is 3.85. The van der Waals surface area contributed by atoms with Gasteiger partial charge in [0.25, 0.3) is 0 Å². The van der Waals surface area contributed by atoms with Crippen LogP contribution < -0.4 is 10.6 Å². The monoisotopic (exact) mass is 194 g/mol. The van der Waals surface area contributed by atoms with Crippen LogP contribution in [0.25, 0.3) is 0 Å². The van der Waals surface area contributed by atoms with Crippen LogP contribution in [-0.2, 0) is 0 Å². The molecule has 1 rings (SSSR count). The van der Waals surface area contributed by atoms with E-state index >= 15 is 0 Å². The molecule has 0 aliphatic rings. The highest BCUT2D eigenvalue weighted by atomic mass is 16.5. The van der Waals surface area contributed by atoms with E-state index in [2.05, 4.69) is 5.10 Å². The fourth-order valence-corrected chi connectivity index (χ4v) is 1.06. The smallest absolute Gasteiger partial charge is 0.128 e. The van der Waals surface area contributed by atoms with Gasteiger partial charge in [-0.3, -0.25) is 0 Å². The lowest BCUT2D eigenvalue weighted by molar-refractivity contribution is 0.241. The standard InChI is InChI=1S/C10H14N2O2/c1-7(2)14-9-4-3-8(6-12-11)10(13)5-9/h3-7,13H,11H2,1-2H3. The fourth-order valence-electron chi connectivity index (χ4n) is 1.06. The van der Waals surface area contributed by atoms with Crippen LogP contribution in [-0.4, -0.2) is 17.4 Å². The maximum absolute atomic E-state index is 9.51. The Morgan fingerprint density at radius 2 is 2.21 bits per heavy atom. The highest BCUT2D eigenvalue weighted by molar-refractivity contribution is 5.83. The average molecular weight is 194 g/mol. The second kappa shape index (κ2) is 4.50. The van der Waals surface area contributed by atoms with Crippen LogP contribution in [0.1, 0.15) is 19.4 Å². The molecule has 0 amide bonds. The van der Waals surface area contributed by atoms with E-state index in [1.54, 1.807) is 12.1 Å². The van der Waals surface area contributed by atoms with Crippen molar-refractivity contribution >= 4 is 6.21 Å². The summed E-state index contributed by atoms with van der Waals surface area (Å²) in [6, 6.07) is 5.00. The Kier molecular flexibility index (Phi) is 3.34. The lowest BCUT2D eigenvalue weighted by Crippen LogP contribution is -2.05. The van der Waals surface area contributed by atoms with Gasteiger partial charge in [-0.05, 0) is 26.0 Å². The molecule has 0 saturated heterocycles. The van der Waals surface area contributed by atoms with Crippen LogP contribution in [0.5, 0.6) is 11.5 Å². The van der Waals surface area contributed by atoms with Crippen LogP contribution in [0.2, 0.25) is 0 Å². The van der Waals surface area contributed by atoms with Gasteiger partial charge >= 0.3 is 0 Å². The Morgan fingerprint density at radius 1 is 1.50 bits per heavy atom. The third-order valence-corrected chi connectivity index (χ3v) is 1.59. The van der Waals surface area contributed by atoms with Crippen molar-refractivity contribution in [2.75, 3.05) is 0 Å². The molecule has 0 fully saturated rings. The SMILES string of the molecule is CC(C)Oc1ccc(C=NN)c(O)c1. The Hall–Kier alpha value is -1.71. The van der Waals surface area contributed by atoms with Gasteiger partial charge in [-0.1, -0.05) is 0 Å². The van der Waals surface area contributed by atoms with E-state index in [0.29, 0.717) is 11.3 Å². The molecule has 0 saturated carbocycles. The number of aromatic hydroxyl groups is 1. The van der Waals surface area contributed by atoms with E-state index < -0.39 is 0 Å². The predicted molar refractivity (Wildman–Crippen MR) is 55.7 cm³/mol. The van der Waals surface area contributed by atoms with E-state index in [9.17, 15) is 5.11 Å². The van der Waals surface area contributed by atoms with Gasteiger partial charge in [0.1, 0.15) is 11.5 Å². The van der Waals surface area contributed by atoms with Crippen LogP contribution in [0.15, 0.2) is 23.3 Å². The molecule has 0 bridgehead atoms. The van der Waals surface area contributed by atoms with Crippen LogP contribution in [0, 0.1) is 0 Å². The minimum absolute atomic E-state index is 0.0865. The molecule has 0 aliphatic carbocycles. The number of ether oxygens (including phenoxy) is 1. The summed E-state index contributed by atoms with van der Waals surface area (Å²) < 4.78 is 5.39. The van der Waals surface area contributed by atoms with E-state index in [-0.39, 0.29) is 11.9 Å². The van der Waals surface area contributed by atoms with Gasteiger partial charge in [0.2, 0.25) is 0 Å². The molecule has 14 heavy (non-hydrogen) atoms. The number of hydrogen-bond donors (Lipinski definition) is 2. The van der Waals surface area contributed by atoms with Crippen molar-refractivity contribution in [3.05, 3.63) is 23.8 Å². The molecule has 4 nitrogen and oxygen atoms in total. The molecule has 0 heterocycles. The molecule has 0 radical (unpaired) electrons. The molecule has 0 unspecified atom stereocenters. The zero-order valence-corrected chi connectivity index (χ0v) is 8.27. The Labute approximate surface area is 83.0 Å². The molecule has 0 spiro atoms. The zero-order chi connectivity index (χ0) is 10.6. The summed E-state index contributed by atoms with van der Waals surface area (Å²) in [5.74, 6) is 5.72. The predicted octanol–water partition coefficient (Wildman–Crippen LogP) is 1.47. The molecular weight excluding hydrogens is 180 g/mol. The number of benzene rings is 1. The largest absolute Gasteiger partial charge is 0.507 e. The quantitative estimate of drug-likeness (QED) is 0.435. The molecular formula is C10H14N2O2. The highest BCUT2D eigenvalue weighted by Crippen LogP contribution is 2.22. The van der Waals surface area contributed by atoms with Crippen molar-refractivity contribution in [1.82, 2.24) is 0 Å². The number of phenolic OH excluding ortho intramolecular Hbond substituents is 1. The Bertz CT molecular complexity index is 335.